The summed E-state index contributed by atoms with van der Waals surface area (Å²) in [6.45, 7) is 5.00. The average molecular weight is 280 g/mol. The highest BCUT2D eigenvalue weighted by Crippen LogP contribution is 2.37. The molecule has 0 saturated carbocycles. The first-order valence-corrected chi connectivity index (χ1v) is 7.74. The minimum absolute atomic E-state index is 0.151. The molecule has 3 heterocycles. The van der Waals surface area contributed by atoms with E-state index < -0.39 is 0 Å². The predicted octanol–water partition coefficient (Wildman–Crippen LogP) is 2.53. The lowest BCUT2D eigenvalue weighted by molar-refractivity contribution is 0.258. The van der Waals surface area contributed by atoms with Crippen molar-refractivity contribution in [2.24, 2.45) is 5.92 Å². The van der Waals surface area contributed by atoms with Gasteiger partial charge < -0.3 is 9.88 Å². The molecule has 2 aromatic rings. The largest absolute Gasteiger partial charge is 0.316 e. The second-order valence-corrected chi connectivity index (χ2v) is 6.41. The third-order valence-electron chi connectivity index (χ3n) is 4.82. The Morgan fingerprint density at radius 3 is 2.95 bits per heavy atom. The lowest BCUT2D eigenvalue weighted by Gasteiger charge is -2.38. The molecule has 1 saturated heterocycles. The van der Waals surface area contributed by atoms with Crippen molar-refractivity contribution in [1.82, 2.24) is 9.88 Å². The summed E-state index contributed by atoms with van der Waals surface area (Å²) in [6, 6.07) is 12.3. The first-order valence-electron chi connectivity index (χ1n) is 7.74. The topological polar surface area (TPSA) is 34.0 Å². The number of hydrogen-bond acceptors (Lipinski definition) is 2. The molecule has 2 unspecified atom stereocenters. The maximum Gasteiger partial charge on any atom is 0.250 e. The molecule has 1 fully saturated rings. The highest BCUT2D eigenvalue weighted by Gasteiger charge is 2.32. The van der Waals surface area contributed by atoms with Crippen molar-refractivity contribution in [3.63, 3.8) is 0 Å². The van der Waals surface area contributed by atoms with Gasteiger partial charge in [0.05, 0.1) is 0 Å². The summed E-state index contributed by atoms with van der Waals surface area (Å²) in [5.41, 5.74) is 5.09. The number of fused-ring (bicyclic) bond motifs is 4. The monoisotopic (exact) mass is 280 g/mol. The fraction of sp³-hybridized carbons (Fsp3) is 0.389. The molecule has 0 spiro atoms. The van der Waals surface area contributed by atoms with Crippen molar-refractivity contribution in [3.8, 4) is 11.1 Å². The molecule has 2 aliphatic rings. The van der Waals surface area contributed by atoms with E-state index in [1.165, 1.54) is 28.8 Å². The first kappa shape index (κ1) is 12.8. The first-order chi connectivity index (χ1) is 10.2. The van der Waals surface area contributed by atoms with Crippen LogP contribution in [0.4, 0.5) is 0 Å². The molecule has 21 heavy (non-hydrogen) atoms. The number of rotatable bonds is 1. The third kappa shape index (κ3) is 2.12. The van der Waals surface area contributed by atoms with Crippen molar-refractivity contribution >= 4 is 0 Å². The van der Waals surface area contributed by atoms with Gasteiger partial charge in [-0.2, -0.15) is 0 Å². The van der Waals surface area contributed by atoms with Gasteiger partial charge in [-0.25, -0.2) is 0 Å². The Balaban J connectivity index is 1.94. The number of benzene rings is 1. The fourth-order valence-corrected chi connectivity index (χ4v) is 3.92. The van der Waals surface area contributed by atoms with Crippen LogP contribution in [0.5, 0.6) is 0 Å². The molecular weight excluding hydrogens is 260 g/mol. The average Bonchev–Trinajstić information content (AvgIpc) is 2.49. The molecule has 0 aliphatic carbocycles. The van der Waals surface area contributed by atoms with Crippen LogP contribution >= 0.6 is 0 Å². The van der Waals surface area contributed by atoms with Crippen LogP contribution in [0.15, 0.2) is 41.2 Å². The van der Waals surface area contributed by atoms with Gasteiger partial charge in [0.1, 0.15) is 0 Å². The molecule has 108 valence electrons. The zero-order valence-corrected chi connectivity index (χ0v) is 12.3. The molecule has 2 aliphatic heterocycles. The van der Waals surface area contributed by atoms with Gasteiger partial charge >= 0.3 is 0 Å². The molecule has 0 radical (unpaired) electrons. The minimum atomic E-state index is 0.151. The van der Waals surface area contributed by atoms with Gasteiger partial charge in [-0.3, -0.25) is 4.79 Å². The Hall–Kier alpha value is -1.87. The van der Waals surface area contributed by atoms with E-state index in [4.69, 9.17) is 0 Å². The summed E-state index contributed by atoms with van der Waals surface area (Å²) in [6.07, 6.45) is 1.20. The SMILES string of the molecule is Cc1cccc(-c2ccc(=O)n3c2C2CNCC(C2)C3)c1. The lowest BCUT2D eigenvalue weighted by Crippen LogP contribution is -2.45. The highest BCUT2D eigenvalue weighted by atomic mass is 16.1. The van der Waals surface area contributed by atoms with Crippen molar-refractivity contribution < 1.29 is 0 Å². The number of nitrogens with one attached hydrogen (secondary N) is 1. The van der Waals surface area contributed by atoms with Crippen molar-refractivity contribution in [1.29, 1.82) is 0 Å². The normalized spacial score (nSPS) is 23.7. The molecule has 4 rings (SSSR count). The van der Waals surface area contributed by atoms with Crippen molar-refractivity contribution in [2.45, 2.75) is 25.8 Å². The molecule has 3 heteroatoms. The number of nitrogens with zero attached hydrogens (tertiary/aromatic N) is 1. The second-order valence-electron chi connectivity index (χ2n) is 6.41. The van der Waals surface area contributed by atoms with Crippen molar-refractivity contribution in [3.05, 3.63) is 58.0 Å². The third-order valence-corrected chi connectivity index (χ3v) is 4.82. The van der Waals surface area contributed by atoms with Crippen molar-refractivity contribution in [2.75, 3.05) is 13.1 Å². The minimum Gasteiger partial charge on any atom is -0.316 e. The Labute approximate surface area is 124 Å². The maximum atomic E-state index is 12.3. The molecular formula is C18H20N2O. The zero-order chi connectivity index (χ0) is 14.4. The summed E-state index contributed by atoms with van der Waals surface area (Å²) >= 11 is 0. The van der Waals surface area contributed by atoms with E-state index in [0.717, 1.165) is 19.6 Å². The number of pyridine rings is 1. The van der Waals surface area contributed by atoms with E-state index in [1.54, 1.807) is 6.07 Å². The van der Waals surface area contributed by atoms with E-state index in [2.05, 4.69) is 36.5 Å². The Morgan fingerprint density at radius 2 is 2.10 bits per heavy atom. The summed E-state index contributed by atoms with van der Waals surface area (Å²) in [4.78, 5) is 12.3. The van der Waals surface area contributed by atoms with Gasteiger partial charge in [0.2, 0.25) is 0 Å². The van der Waals surface area contributed by atoms with Crippen LogP contribution in [-0.2, 0) is 6.54 Å². The summed E-state index contributed by atoms with van der Waals surface area (Å²) in [5, 5.41) is 3.52. The van der Waals surface area contributed by atoms with Crippen LogP contribution in [-0.4, -0.2) is 17.7 Å². The van der Waals surface area contributed by atoms with Crippen LogP contribution in [0.1, 0.15) is 23.6 Å². The summed E-state index contributed by atoms with van der Waals surface area (Å²) in [5.74, 6) is 1.06. The maximum absolute atomic E-state index is 12.3. The van der Waals surface area contributed by atoms with E-state index in [0.29, 0.717) is 11.8 Å². The van der Waals surface area contributed by atoms with Gasteiger partial charge in [-0.05, 0) is 37.4 Å². The van der Waals surface area contributed by atoms with Gasteiger partial charge in [0, 0.05) is 36.3 Å². The number of aryl methyl sites for hydroxylation is 1. The molecule has 3 nitrogen and oxygen atoms in total. The standard InChI is InChI=1S/C18H20N2O/c1-12-3-2-4-14(7-12)16-5-6-17(21)20-11-13-8-15(18(16)20)10-19-9-13/h2-7,13,15,19H,8-11H2,1H3. The highest BCUT2D eigenvalue weighted by molar-refractivity contribution is 5.67. The van der Waals surface area contributed by atoms with Gasteiger partial charge in [-0.1, -0.05) is 29.8 Å². The zero-order valence-electron chi connectivity index (χ0n) is 12.3. The fourth-order valence-electron chi connectivity index (χ4n) is 3.92. The molecule has 2 atom stereocenters. The second kappa shape index (κ2) is 4.85. The van der Waals surface area contributed by atoms with Gasteiger partial charge in [-0.15, -0.1) is 0 Å². The lowest BCUT2D eigenvalue weighted by atomic mass is 9.81. The van der Waals surface area contributed by atoms with Crippen LogP contribution in [0.2, 0.25) is 0 Å². The van der Waals surface area contributed by atoms with E-state index in [9.17, 15) is 4.79 Å². The van der Waals surface area contributed by atoms with E-state index in [-0.39, 0.29) is 5.56 Å². The van der Waals surface area contributed by atoms with E-state index >= 15 is 0 Å². The van der Waals surface area contributed by atoms with Crippen LogP contribution in [0.3, 0.4) is 0 Å². The molecule has 1 N–H and O–H groups in total. The Bertz CT molecular complexity index is 747. The smallest absolute Gasteiger partial charge is 0.250 e. The number of piperidine rings is 1. The van der Waals surface area contributed by atoms with Crippen LogP contribution < -0.4 is 10.9 Å². The number of aromatic nitrogens is 1. The summed E-state index contributed by atoms with van der Waals surface area (Å²) in [7, 11) is 0. The van der Waals surface area contributed by atoms with E-state index in [1.807, 2.05) is 10.6 Å². The molecule has 0 amide bonds. The van der Waals surface area contributed by atoms with Crippen LogP contribution in [0, 0.1) is 12.8 Å². The summed E-state index contributed by atoms with van der Waals surface area (Å²) < 4.78 is 2.03. The van der Waals surface area contributed by atoms with Gasteiger partial charge in [0.25, 0.3) is 5.56 Å². The molecule has 2 bridgehead atoms. The van der Waals surface area contributed by atoms with Crippen LogP contribution in [0.25, 0.3) is 11.1 Å². The predicted molar refractivity (Wildman–Crippen MR) is 84.6 cm³/mol. The Morgan fingerprint density at radius 1 is 1.19 bits per heavy atom. The number of hydrogen-bond donors (Lipinski definition) is 1. The Kier molecular flexibility index (Phi) is 2.96. The van der Waals surface area contributed by atoms with Gasteiger partial charge in [0.15, 0.2) is 0 Å². The molecule has 1 aromatic heterocycles. The molecule has 1 aromatic carbocycles. The quantitative estimate of drug-likeness (QED) is 0.871.